The van der Waals surface area contributed by atoms with E-state index in [1.807, 2.05) is 24.3 Å². The predicted octanol–water partition coefficient (Wildman–Crippen LogP) is 1.25. The summed E-state index contributed by atoms with van der Waals surface area (Å²) in [7, 11) is 1.79. The van der Waals surface area contributed by atoms with Crippen LogP contribution < -0.4 is 4.90 Å². The molecule has 0 radical (unpaired) electrons. The van der Waals surface area contributed by atoms with Gasteiger partial charge in [-0.25, -0.2) is 4.99 Å². The second kappa shape index (κ2) is 5.88. The first-order valence-corrected chi connectivity index (χ1v) is 8.61. The maximum Gasteiger partial charge on any atom is 0.254 e. The first-order valence-electron chi connectivity index (χ1n) is 8.61. The number of Topliss-reactive ketones (excluding diaryl/α,β-unsaturated/α-hetero) is 1. The fraction of sp³-hybridized carbons (Fsp3) is 0.368. The average Bonchev–Trinajstić information content (AvgIpc) is 2.76. The summed E-state index contributed by atoms with van der Waals surface area (Å²) in [5.74, 6) is -0.460. The van der Waals surface area contributed by atoms with Gasteiger partial charge in [-0.2, -0.15) is 0 Å². The molecule has 0 aliphatic carbocycles. The molecule has 1 saturated heterocycles. The minimum Gasteiger partial charge on any atom is -0.312 e. The van der Waals surface area contributed by atoms with Gasteiger partial charge < -0.3 is 4.90 Å². The molecule has 7 heteroatoms. The Hall–Kier alpha value is -2.80. The summed E-state index contributed by atoms with van der Waals surface area (Å²) < 4.78 is 0. The lowest BCUT2D eigenvalue weighted by Crippen LogP contribution is -2.42. The summed E-state index contributed by atoms with van der Waals surface area (Å²) in [6.45, 7) is 3.50. The molecule has 0 aromatic heterocycles. The zero-order valence-electron chi connectivity index (χ0n) is 15.0. The van der Waals surface area contributed by atoms with Crippen LogP contribution in [0.25, 0.3) is 5.70 Å². The van der Waals surface area contributed by atoms with E-state index in [-0.39, 0.29) is 23.8 Å². The van der Waals surface area contributed by atoms with Crippen molar-refractivity contribution in [3.63, 3.8) is 0 Å². The largest absolute Gasteiger partial charge is 0.312 e. The lowest BCUT2D eigenvalue weighted by Gasteiger charge is -2.31. The maximum atomic E-state index is 12.7. The Kier molecular flexibility index (Phi) is 3.77. The number of fused-ring (bicyclic) bond motifs is 4. The van der Waals surface area contributed by atoms with Crippen molar-refractivity contribution in [1.29, 1.82) is 0 Å². The molecule has 2 atom stereocenters. The van der Waals surface area contributed by atoms with Gasteiger partial charge in [0.15, 0.2) is 11.8 Å². The first kappa shape index (κ1) is 16.7. The number of benzene rings is 1. The highest BCUT2D eigenvalue weighted by molar-refractivity contribution is 6.11. The molecular formula is C19H20N4O3. The predicted molar refractivity (Wildman–Crippen MR) is 97.4 cm³/mol. The Balaban J connectivity index is 1.86. The van der Waals surface area contributed by atoms with Crippen molar-refractivity contribution >= 4 is 35.3 Å². The Morgan fingerprint density at radius 3 is 2.62 bits per heavy atom. The van der Waals surface area contributed by atoms with Gasteiger partial charge >= 0.3 is 0 Å². The van der Waals surface area contributed by atoms with Crippen LogP contribution in [0.4, 0.5) is 5.69 Å². The van der Waals surface area contributed by atoms with Gasteiger partial charge in [0.25, 0.3) is 5.91 Å². The van der Waals surface area contributed by atoms with Crippen molar-refractivity contribution in [2.75, 3.05) is 18.5 Å². The highest BCUT2D eigenvalue weighted by Gasteiger charge is 2.49. The molecule has 0 spiro atoms. The summed E-state index contributed by atoms with van der Waals surface area (Å²) >= 11 is 0. The number of rotatable bonds is 1. The number of aliphatic imine (C=N–C) groups is 1. The van der Waals surface area contributed by atoms with Crippen molar-refractivity contribution in [1.82, 2.24) is 9.80 Å². The van der Waals surface area contributed by atoms with Crippen molar-refractivity contribution < 1.29 is 14.4 Å². The highest BCUT2D eigenvalue weighted by Crippen LogP contribution is 2.41. The van der Waals surface area contributed by atoms with E-state index in [0.29, 0.717) is 13.0 Å². The number of hydrogen-bond acceptors (Lipinski definition) is 5. The number of amides is 2. The number of para-hydroxylation sites is 1. The van der Waals surface area contributed by atoms with Crippen LogP contribution in [0, 0.1) is 0 Å². The highest BCUT2D eigenvalue weighted by atomic mass is 16.2. The molecule has 3 heterocycles. The zero-order chi connectivity index (χ0) is 18.6. The van der Waals surface area contributed by atoms with E-state index in [1.54, 1.807) is 23.8 Å². The van der Waals surface area contributed by atoms with Crippen molar-refractivity contribution in [2.45, 2.75) is 32.5 Å². The number of nitrogens with zero attached hydrogens (tertiary/aromatic N) is 4. The van der Waals surface area contributed by atoms with Crippen LogP contribution in [-0.4, -0.2) is 59.5 Å². The number of likely N-dealkylation sites (N-methyl/N-ethyl adjacent to an activating group) is 1. The lowest BCUT2D eigenvalue weighted by atomic mass is 10.00. The van der Waals surface area contributed by atoms with Crippen LogP contribution in [0.1, 0.15) is 25.8 Å². The third kappa shape index (κ3) is 2.24. The van der Waals surface area contributed by atoms with Crippen LogP contribution in [0.3, 0.4) is 0 Å². The smallest absolute Gasteiger partial charge is 0.254 e. The molecule has 134 valence electrons. The monoisotopic (exact) mass is 352 g/mol. The fourth-order valence-electron chi connectivity index (χ4n) is 4.17. The number of carbonyl (C=O) groups excluding carboxylic acids is 3. The standard InChI is InChI=1S/C19H20N4O3/c1-11(24)17-19(26)23-10-20-16-13-6-4-5-7-15(13)22(12(2)25)9-8-14(16)18(23)21(17)3/h4-7,10,17-18H,8-9H2,1-3H3. The third-order valence-corrected chi connectivity index (χ3v) is 5.29. The molecule has 1 aromatic rings. The van der Waals surface area contributed by atoms with Gasteiger partial charge in [0, 0.05) is 19.0 Å². The van der Waals surface area contributed by atoms with Crippen molar-refractivity contribution in [3.05, 3.63) is 35.4 Å². The minimum absolute atomic E-state index is 0.0319. The van der Waals surface area contributed by atoms with Crippen LogP contribution in [0.15, 0.2) is 34.8 Å². The quantitative estimate of drug-likeness (QED) is 0.713. The Bertz CT molecular complexity index is 889. The summed E-state index contributed by atoms with van der Waals surface area (Å²) in [4.78, 5) is 46.4. The molecule has 0 bridgehead atoms. The summed E-state index contributed by atoms with van der Waals surface area (Å²) in [5, 5.41) is 0. The fourth-order valence-corrected chi connectivity index (χ4v) is 4.17. The van der Waals surface area contributed by atoms with Crippen molar-refractivity contribution in [2.24, 2.45) is 4.99 Å². The molecule has 7 nitrogen and oxygen atoms in total. The van der Waals surface area contributed by atoms with E-state index in [9.17, 15) is 14.4 Å². The molecule has 0 saturated carbocycles. The summed E-state index contributed by atoms with van der Waals surface area (Å²) in [6, 6.07) is 6.88. The molecule has 26 heavy (non-hydrogen) atoms. The van der Waals surface area contributed by atoms with Gasteiger partial charge in [-0.3, -0.25) is 24.2 Å². The van der Waals surface area contributed by atoms with Gasteiger partial charge in [-0.05, 0) is 32.0 Å². The minimum atomic E-state index is -0.791. The van der Waals surface area contributed by atoms with Gasteiger partial charge in [0.2, 0.25) is 5.91 Å². The topological polar surface area (TPSA) is 73.3 Å². The summed E-state index contributed by atoms with van der Waals surface area (Å²) in [6.07, 6.45) is 1.76. The molecule has 1 fully saturated rings. The van der Waals surface area contributed by atoms with E-state index in [0.717, 1.165) is 22.5 Å². The van der Waals surface area contributed by atoms with Gasteiger partial charge in [0.1, 0.15) is 6.17 Å². The van der Waals surface area contributed by atoms with Gasteiger partial charge in [-0.1, -0.05) is 18.2 Å². The number of ketones is 1. The van der Waals surface area contributed by atoms with Crippen LogP contribution in [-0.2, 0) is 14.4 Å². The molecule has 3 aliphatic rings. The molecule has 3 aliphatic heterocycles. The number of hydrogen-bond donors (Lipinski definition) is 0. The summed E-state index contributed by atoms with van der Waals surface area (Å²) in [5.41, 5.74) is 3.45. The Morgan fingerprint density at radius 2 is 1.92 bits per heavy atom. The number of anilines is 1. The lowest BCUT2D eigenvalue weighted by molar-refractivity contribution is -0.132. The van der Waals surface area contributed by atoms with E-state index in [2.05, 4.69) is 4.99 Å². The average molecular weight is 352 g/mol. The third-order valence-electron chi connectivity index (χ3n) is 5.29. The molecule has 1 aromatic carbocycles. The van der Waals surface area contributed by atoms with Crippen LogP contribution in [0.5, 0.6) is 0 Å². The Morgan fingerprint density at radius 1 is 1.19 bits per heavy atom. The Labute approximate surface area is 151 Å². The normalized spacial score (nSPS) is 25.0. The van der Waals surface area contributed by atoms with Gasteiger partial charge in [0.05, 0.1) is 17.7 Å². The van der Waals surface area contributed by atoms with E-state index in [4.69, 9.17) is 0 Å². The molecule has 2 amide bonds. The molecular weight excluding hydrogens is 332 g/mol. The number of carbonyl (C=O) groups is 3. The second-order valence-corrected chi connectivity index (χ2v) is 6.85. The molecule has 0 N–H and O–H groups in total. The molecule has 2 unspecified atom stereocenters. The van der Waals surface area contributed by atoms with E-state index >= 15 is 0 Å². The van der Waals surface area contributed by atoms with Crippen LogP contribution >= 0.6 is 0 Å². The van der Waals surface area contributed by atoms with E-state index < -0.39 is 6.04 Å². The van der Waals surface area contributed by atoms with Crippen LogP contribution in [0.2, 0.25) is 0 Å². The maximum absolute atomic E-state index is 12.7. The first-order chi connectivity index (χ1) is 12.4. The SMILES string of the molecule is CC(=O)C1C(=O)N2C=NC3=C(CCN(C(C)=O)c4ccccc43)C2N1C. The van der Waals surface area contributed by atoms with Crippen molar-refractivity contribution in [3.8, 4) is 0 Å². The zero-order valence-corrected chi connectivity index (χ0v) is 15.0. The van der Waals surface area contributed by atoms with Gasteiger partial charge in [-0.15, -0.1) is 0 Å². The van der Waals surface area contributed by atoms with E-state index in [1.165, 1.54) is 18.2 Å². The molecule has 4 rings (SSSR count). The second-order valence-electron chi connectivity index (χ2n) is 6.85.